The summed E-state index contributed by atoms with van der Waals surface area (Å²) in [6.07, 6.45) is 3.18. The number of nitrogens with zero attached hydrogens (tertiary/aromatic N) is 3. The molecule has 1 heterocycles. The lowest BCUT2D eigenvalue weighted by atomic mass is 10.1. The van der Waals surface area contributed by atoms with Crippen molar-refractivity contribution in [2.45, 2.75) is 60.2 Å². The first-order valence-electron chi connectivity index (χ1n) is 7.87. The molecular weight excluding hydrogens is 258 g/mol. The number of para-hydroxylation sites is 1. The molecule has 0 saturated heterocycles. The van der Waals surface area contributed by atoms with Crippen LogP contribution in [0.2, 0.25) is 0 Å². The lowest BCUT2D eigenvalue weighted by molar-refractivity contribution is 0.236. The van der Waals surface area contributed by atoms with Crippen molar-refractivity contribution in [3.05, 3.63) is 41.3 Å². The van der Waals surface area contributed by atoms with Gasteiger partial charge in [0.05, 0.1) is 5.70 Å². The quantitative estimate of drug-likeness (QED) is 0.756. The number of hydrogen-bond donors (Lipinski definition) is 0. The van der Waals surface area contributed by atoms with Gasteiger partial charge in [-0.1, -0.05) is 25.1 Å². The highest BCUT2D eigenvalue weighted by Gasteiger charge is 2.36. The highest BCUT2D eigenvalue weighted by atomic mass is 15.5. The van der Waals surface area contributed by atoms with Gasteiger partial charge in [-0.15, -0.1) is 0 Å². The average molecular weight is 285 g/mol. The summed E-state index contributed by atoms with van der Waals surface area (Å²) in [6, 6.07) is 9.01. The van der Waals surface area contributed by atoms with Crippen molar-refractivity contribution in [1.29, 1.82) is 0 Å². The largest absolute Gasteiger partial charge is 0.349 e. The van der Waals surface area contributed by atoms with Crippen LogP contribution in [-0.2, 0) is 0 Å². The summed E-state index contributed by atoms with van der Waals surface area (Å²) in [4.78, 5) is 9.55. The molecule has 0 fully saturated rings. The van der Waals surface area contributed by atoms with E-state index < -0.39 is 0 Å². The number of hydrogen-bond acceptors (Lipinski definition) is 3. The minimum atomic E-state index is 0.291. The molecule has 1 aromatic rings. The Morgan fingerprint density at radius 3 is 2.48 bits per heavy atom. The van der Waals surface area contributed by atoms with Crippen LogP contribution in [0.3, 0.4) is 0 Å². The topological polar surface area (TPSA) is 18.8 Å². The molecule has 1 aromatic carbocycles. The average Bonchev–Trinajstić information content (AvgIpc) is 2.72. The first kappa shape index (κ1) is 15.6. The van der Waals surface area contributed by atoms with E-state index >= 15 is 0 Å². The van der Waals surface area contributed by atoms with Crippen LogP contribution < -0.4 is 4.90 Å². The van der Waals surface area contributed by atoms with Gasteiger partial charge in [0, 0.05) is 17.9 Å². The molecule has 0 radical (unpaired) electrons. The summed E-state index contributed by atoms with van der Waals surface area (Å²) < 4.78 is 0. The van der Waals surface area contributed by atoms with E-state index in [1.165, 1.54) is 16.9 Å². The summed E-state index contributed by atoms with van der Waals surface area (Å²) in [5, 5.41) is 0. The molecule has 0 aromatic heterocycles. The van der Waals surface area contributed by atoms with E-state index in [1.807, 2.05) is 13.1 Å². The maximum atomic E-state index is 4.70. The van der Waals surface area contributed by atoms with Crippen LogP contribution in [0.5, 0.6) is 0 Å². The maximum Gasteiger partial charge on any atom is 0.153 e. The predicted octanol–water partition coefficient (Wildman–Crippen LogP) is 4.54. The Morgan fingerprint density at radius 1 is 1.29 bits per heavy atom. The van der Waals surface area contributed by atoms with Crippen LogP contribution in [0.15, 0.2) is 40.8 Å². The van der Waals surface area contributed by atoms with Gasteiger partial charge in [0.25, 0.3) is 0 Å². The summed E-state index contributed by atoms with van der Waals surface area (Å²) >= 11 is 0. The summed E-state index contributed by atoms with van der Waals surface area (Å²) in [7, 11) is 0. The van der Waals surface area contributed by atoms with Gasteiger partial charge in [0.1, 0.15) is 6.17 Å². The van der Waals surface area contributed by atoms with E-state index in [4.69, 9.17) is 4.99 Å². The van der Waals surface area contributed by atoms with Crippen LogP contribution >= 0.6 is 0 Å². The Labute approximate surface area is 129 Å². The summed E-state index contributed by atoms with van der Waals surface area (Å²) in [6.45, 7) is 13.1. The smallest absolute Gasteiger partial charge is 0.153 e. The standard InChI is InChI=1S/C18H27N3/c1-7-16-18(19-8-2)21(15(6)20(16)13(3)4)17-12-10-9-11-14(17)5/h8-13,15H,7H2,1-6H3/t15-/m1/s1. The number of aryl methyl sites for hydroxylation is 1. The molecule has 3 heteroatoms. The van der Waals surface area contributed by atoms with Crippen molar-refractivity contribution < 1.29 is 0 Å². The Kier molecular flexibility index (Phi) is 4.71. The number of allylic oxidation sites excluding steroid dienone is 1. The molecule has 114 valence electrons. The first-order chi connectivity index (χ1) is 10.0. The number of rotatable bonds is 4. The molecular formula is C18H27N3. The van der Waals surface area contributed by atoms with E-state index in [9.17, 15) is 0 Å². The van der Waals surface area contributed by atoms with Crippen LogP contribution in [0, 0.1) is 6.92 Å². The number of aliphatic imine (C=N–C) groups is 1. The zero-order valence-corrected chi connectivity index (χ0v) is 14.1. The van der Waals surface area contributed by atoms with E-state index in [0.29, 0.717) is 12.2 Å². The van der Waals surface area contributed by atoms with Gasteiger partial charge in [0.15, 0.2) is 5.82 Å². The molecule has 0 spiro atoms. The van der Waals surface area contributed by atoms with Crippen molar-refractivity contribution in [1.82, 2.24) is 4.90 Å². The van der Waals surface area contributed by atoms with E-state index in [0.717, 1.165) is 12.2 Å². The maximum absolute atomic E-state index is 4.70. The Balaban J connectivity index is 2.59. The molecule has 0 bridgehead atoms. The predicted molar refractivity (Wildman–Crippen MR) is 91.6 cm³/mol. The third-order valence-corrected chi connectivity index (χ3v) is 4.09. The first-order valence-corrected chi connectivity index (χ1v) is 7.87. The molecule has 1 aliphatic heterocycles. The van der Waals surface area contributed by atoms with Gasteiger partial charge in [-0.2, -0.15) is 0 Å². The fourth-order valence-corrected chi connectivity index (χ4v) is 3.27. The Morgan fingerprint density at radius 2 is 1.95 bits per heavy atom. The Hall–Kier alpha value is -1.77. The van der Waals surface area contributed by atoms with Crippen molar-refractivity contribution in [3.8, 4) is 0 Å². The molecule has 1 atom stereocenters. The van der Waals surface area contributed by atoms with Crippen LogP contribution in [0.4, 0.5) is 5.69 Å². The van der Waals surface area contributed by atoms with E-state index in [1.54, 1.807) is 0 Å². The second-order valence-corrected chi connectivity index (χ2v) is 5.80. The SMILES string of the molecule is CC=NC1=C(CC)N(C(C)C)[C@@H](C)N1c1ccccc1C. The highest BCUT2D eigenvalue weighted by molar-refractivity contribution is 5.64. The molecule has 0 N–H and O–H groups in total. The van der Waals surface area contributed by atoms with Gasteiger partial charge in [-0.3, -0.25) is 0 Å². The van der Waals surface area contributed by atoms with Crippen molar-refractivity contribution in [2.75, 3.05) is 4.90 Å². The fraction of sp³-hybridized carbons (Fsp3) is 0.500. The van der Waals surface area contributed by atoms with Crippen LogP contribution in [0.1, 0.15) is 46.6 Å². The van der Waals surface area contributed by atoms with Gasteiger partial charge in [0.2, 0.25) is 0 Å². The summed E-state index contributed by atoms with van der Waals surface area (Å²) in [5.74, 6) is 1.09. The lowest BCUT2D eigenvalue weighted by Crippen LogP contribution is -2.41. The van der Waals surface area contributed by atoms with Gasteiger partial charge >= 0.3 is 0 Å². The second-order valence-electron chi connectivity index (χ2n) is 5.80. The van der Waals surface area contributed by atoms with Gasteiger partial charge in [-0.25, -0.2) is 4.99 Å². The Bertz CT molecular complexity index is 557. The molecule has 0 amide bonds. The molecule has 0 saturated carbocycles. The minimum absolute atomic E-state index is 0.291. The molecule has 0 unspecified atom stereocenters. The second kappa shape index (κ2) is 6.33. The van der Waals surface area contributed by atoms with E-state index in [-0.39, 0.29) is 0 Å². The van der Waals surface area contributed by atoms with E-state index in [2.05, 4.69) is 68.7 Å². The lowest BCUT2D eigenvalue weighted by Gasteiger charge is -2.35. The third-order valence-electron chi connectivity index (χ3n) is 4.09. The minimum Gasteiger partial charge on any atom is -0.349 e. The summed E-state index contributed by atoms with van der Waals surface area (Å²) in [5.41, 5.74) is 3.87. The van der Waals surface area contributed by atoms with Crippen molar-refractivity contribution >= 4 is 11.9 Å². The van der Waals surface area contributed by atoms with Crippen molar-refractivity contribution in [3.63, 3.8) is 0 Å². The highest BCUT2D eigenvalue weighted by Crippen LogP contribution is 2.38. The molecule has 3 nitrogen and oxygen atoms in total. The van der Waals surface area contributed by atoms with Gasteiger partial charge < -0.3 is 9.80 Å². The molecule has 0 aliphatic carbocycles. The number of anilines is 1. The third kappa shape index (κ3) is 2.69. The zero-order valence-electron chi connectivity index (χ0n) is 14.1. The molecule has 1 aliphatic rings. The zero-order chi connectivity index (χ0) is 15.6. The molecule has 2 rings (SSSR count). The normalized spacial score (nSPS) is 19.5. The molecule has 21 heavy (non-hydrogen) atoms. The monoisotopic (exact) mass is 285 g/mol. The van der Waals surface area contributed by atoms with Crippen LogP contribution in [0.25, 0.3) is 0 Å². The van der Waals surface area contributed by atoms with Gasteiger partial charge in [-0.05, 0) is 52.7 Å². The van der Waals surface area contributed by atoms with Crippen molar-refractivity contribution in [2.24, 2.45) is 4.99 Å². The number of benzene rings is 1. The van der Waals surface area contributed by atoms with Crippen LogP contribution in [-0.4, -0.2) is 23.3 Å². The fourth-order valence-electron chi connectivity index (χ4n) is 3.27.